The molecule has 53 heavy (non-hydrogen) atoms. The van der Waals surface area contributed by atoms with Crippen molar-refractivity contribution in [2.75, 3.05) is 6.54 Å². The van der Waals surface area contributed by atoms with E-state index >= 15 is 0 Å². The number of carbonyl (C=O) groups is 4. The normalized spacial score (nSPS) is 27.7. The van der Waals surface area contributed by atoms with Crippen LogP contribution in [0, 0.1) is 18.7 Å². The van der Waals surface area contributed by atoms with Gasteiger partial charge in [0.2, 0.25) is 27.7 Å². The van der Waals surface area contributed by atoms with Gasteiger partial charge < -0.3 is 24.8 Å². The number of allylic oxidation sites excluding steroid dienone is 1. The van der Waals surface area contributed by atoms with Crippen LogP contribution in [0.1, 0.15) is 80.9 Å². The van der Waals surface area contributed by atoms with Crippen LogP contribution >= 0.6 is 15.9 Å². The van der Waals surface area contributed by atoms with Gasteiger partial charge in [0.15, 0.2) is 5.69 Å². The number of hydrogen-bond acceptors (Lipinski definition) is 11. The van der Waals surface area contributed by atoms with Gasteiger partial charge in [-0.15, -0.1) is 0 Å². The number of ether oxygens (including phenoxy) is 1. The van der Waals surface area contributed by atoms with E-state index in [1.165, 1.54) is 29.4 Å². The molecule has 4 heterocycles. The van der Waals surface area contributed by atoms with Crippen LogP contribution in [-0.2, 0) is 24.4 Å². The number of nitrogens with zero attached hydrogens (tertiary/aromatic N) is 4. The summed E-state index contributed by atoms with van der Waals surface area (Å²) < 4.78 is 53.1. The minimum atomic E-state index is -4.01. The monoisotopic (exact) mass is 815 g/mol. The fourth-order valence-electron chi connectivity index (χ4n) is 6.93. The molecule has 4 amide bonds. The van der Waals surface area contributed by atoms with Crippen LogP contribution in [-0.4, -0.2) is 87.1 Å². The topological polar surface area (TPSA) is 203 Å². The molecule has 3 fully saturated rings. The van der Waals surface area contributed by atoms with Crippen molar-refractivity contribution < 1.29 is 41.2 Å². The molecule has 0 radical (unpaired) electrons. The number of halogens is 2. The van der Waals surface area contributed by atoms with E-state index in [9.17, 15) is 32.0 Å². The molecule has 282 valence electrons. The number of aromatic nitrogens is 3. The summed E-state index contributed by atoms with van der Waals surface area (Å²) in [6, 6.07) is 1.62. The lowest BCUT2D eigenvalue weighted by molar-refractivity contribution is -0.141. The van der Waals surface area contributed by atoms with E-state index in [0.29, 0.717) is 41.4 Å². The van der Waals surface area contributed by atoms with Gasteiger partial charge in [-0.2, -0.15) is 0 Å². The maximum atomic E-state index is 14.4. The number of sulfonamides is 1. The third-order valence-electron chi connectivity index (χ3n) is 10.5. The number of hydrogen-bond donors (Lipinski definition) is 3. The Hall–Kier alpha value is -4.45. The first-order chi connectivity index (χ1) is 25.2. The molecule has 0 spiro atoms. The van der Waals surface area contributed by atoms with Gasteiger partial charge in [-0.1, -0.05) is 30.2 Å². The molecule has 3 N–H and O–H groups in total. The second-order valence-electron chi connectivity index (χ2n) is 14.5. The summed E-state index contributed by atoms with van der Waals surface area (Å²) in [5.74, 6) is -3.63. The van der Waals surface area contributed by atoms with E-state index in [1.807, 2.05) is 12.2 Å². The summed E-state index contributed by atoms with van der Waals surface area (Å²) >= 11 is 3.31. The Morgan fingerprint density at radius 3 is 2.70 bits per heavy atom. The van der Waals surface area contributed by atoms with Crippen molar-refractivity contribution in [1.29, 1.82) is 0 Å². The molecule has 5 atom stereocenters. The Morgan fingerprint density at radius 1 is 1.17 bits per heavy atom. The zero-order chi connectivity index (χ0) is 37.7. The van der Waals surface area contributed by atoms with Crippen molar-refractivity contribution in [3.05, 3.63) is 58.3 Å². The number of carbonyl (C=O) groups excluding carboxylic acids is 4. The van der Waals surface area contributed by atoms with Gasteiger partial charge in [0.25, 0.3) is 11.8 Å². The third-order valence-corrected chi connectivity index (χ3v) is 13.3. The fourth-order valence-corrected chi connectivity index (χ4v) is 8.75. The van der Waals surface area contributed by atoms with Crippen LogP contribution in [0.3, 0.4) is 0 Å². The van der Waals surface area contributed by atoms with Gasteiger partial charge in [0.05, 0.1) is 16.8 Å². The average molecular weight is 817 g/mol. The Bertz CT molecular complexity index is 2110. The van der Waals surface area contributed by atoms with Crippen molar-refractivity contribution in [3.63, 3.8) is 0 Å². The Kier molecular flexibility index (Phi) is 9.80. The van der Waals surface area contributed by atoms with Crippen molar-refractivity contribution in [2.45, 2.75) is 100 Å². The van der Waals surface area contributed by atoms with Crippen molar-refractivity contribution in [3.8, 4) is 5.88 Å². The van der Waals surface area contributed by atoms with Crippen LogP contribution in [0.5, 0.6) is 5.88 Å². The molecule has 2 aliphatic carbocycles. The molecule has 1 aromatic carbocycles. The van der Waals surface area contributed by atoms with E-state index in [-0.39, 0.29) is 42.9 Å². The first-order valence-corrected chi connectivity index (χ1v) is 19.8. The SMILES string of the molecule is Cc1nc2c(Br)cc(F)cc2nc1O[C@@H]1C[C@H]2C(=O)N[C@]3(C(=O)NS(=O)(=O)C4(C)CC4)C[C@H]3/C=C\CCCCC[C@H](NC(=O)c3ccon3)C(=O)N2C1. The van der Waals surface area contributed by atoms with Gasteiger partial charge in [0.1, 0.15) is 47.0 Å². The first-order valence-electron chi connectivity index (χ1n) is 17.6. The summed E-state index contributed by atoms with van der Waals surface area (Å²) in [5.41, 5.74) is -0.544. The highest BCUT2D eigenvalue weighted by molar-refractivity contribution is 9.10. The lowest BCUT2D eigenvalue weighted by atomic mass is 10.0. The zero-order valence-electron chi connectivity index (χ0n) is 29.1. The molecular weight excluding hydrogens is 777 g/mol. The molecule has 2 aromatic heterocycles. The summed E-state index contributed by atoms with van der Waals surface area (Å²) in [6.07, 6.45) is 8.14. The van der Waals surface area contributed by atoms with E-state index in [1.54, 1.807) is 13.8 Å². The standard InChI is InChI=1S/C35H39BrFN7O8S/c1-19-31(40-26-15-21(37)14-23(36)28(26)38-19)52-22-16-27-30(46)41-35(33(48)43-53(49,50)34(2)11-12-34)17-20(35)8-6-4-3-5-7-9-25(32(47)44(27)18-22)39-29(45)24-10-13-51-42-24/h6,8,10,13-15,20,22,25,27H,3-5,7,9,11-12,16-18H2,1-2H3,(H,39,45)(H,41,46)(H,43,48)/b8-6-/t20-,22-,25+,27+,35-/m1/s1. The second kappa shape index (κ2) is 14.1. The smallest absolute Gasteiger partial charge is 0.274 e. The minimum absolute atomic E-state index is 0.0214. The molecule has 15 nitrogen and oxygen atoms in total. The van der Waals surface area contributed by atoms with Gasteiger partial charge in [0, 0.05) is 28.9 Å². The second-order valence-corrected chi connectivity index (χ2v) is 17.5. The lowest BCUT2D eigenvalue weighted by Gasteiger charge is -2.30. The molecule has 0 bridgehead atoms. The quantitative estimate of drug-likeness (QED) is 0.295. The van der Waals surface area contributed by atoms with Crippen LogP contribution in [0.4, 0.5) is 4.39 Å². The van der Waals surface area contributed by atoms with Gasteiger partial charge in [-0.25, -0.2) is 22.8 Å². The van der Waals surface area contributed by atoms with Crippen LogP contribution in [0.2, 0.25) is 0 Å². The largest absolute Gasteiger partial charge is 0.471 e. The summed E-state index contributed by atoms with van der Waals surface area (Å²) in [6.45, 7) is 3.13. The predicted molar refractivity (Wildman–Crippen MR) is 190 cm³/mol. The maximum Gasteiger partial charge on any atom is 0.274 e. The molecule has 18 heteroatoms. The van der Waals surface area contributed by atoms with Crippen molar-refractivity contribution in [1.82, 2.24) is 35.4 Å². The molecular formula is C35H39BrFN7O8S. The first kappa shape index (κ1) is 36.9. The molecule has 7 rings (SSSR count). The van der Waals surface area contributed by atoms with E-state index < -0.39 is 73.9 Å². The van der Waals surface area contributed by atoms with Crippen LogP contribution in [0.25, 0.3) is 11.0 Å². The third kappa shape index (κ3) is 7.39. The van der Waals surface area contributed by atoms with E-state index in [0.717, 1.165) is 12.8 Å². The molecule has 0 unspecified atom stereocenters. The number of rotatable bonds is 7. The van der Waals surface area contributed by atoms with Crippen molar-refractivity contribution in [2.24, 2.45) is 5.92 Å². The predicted octanol–water partition coefficient (Wildman–Crippen LogP) is 3.37. The van der Waals surface area contributed by atoms with Crippen molar-refractivity contribution >= 4 is 60.6 Å². The molecule has 2 saturated carbocycles. The van der Waals surface area contributed by atoms with Crippen LogP contribution in [0.15, 0.2) is 45.6 Å². The highest BCUT2D eigenvalue weighted by Gasteiger charge is 2.63. The zero-order valence-corrected chi connectivity index (χ0v) is 31.5. The average Bonchev–Trinajstić information content (AvgIpc) is 3.85. The van der Waals surface area contributed by atoms with Gasteiger partial charge >= 0.3 is 0 Å². The molecule has 4 aliphatic rings. The number of benzene rings is 1. The summed E-state index contributed by atoms with van der Waals surface area (Å²) in [7, 11) is -4.01. The molecule has 3 aromatic rings. The van der Waals surface area contributed by atoms with Gasteiger partial charge in [-0.3, -0.25) is 23.9 Å². The Morgan fingerprint density at radius 2 is 1.96 bits per heavy atom. The number of amides is 4. The van der Waals surface area contributed by atoms with Crippen LogP contribution < -0.4 is 20.1 Å². The Labute approximate surface area is 313 Å². The molecule has 1 saturated heterocycles. The van der Waals surface area contributed by atoms with E-state index in [4.69, 9.17) is 9.26 Å². The molecule has 2 aliphatic heterocycles. The Balaban J connectivity index is 1.20. The van der Waals surface area contributed by atoms with E-state index in [2.05, 4.69) is 46.4 Å². The van der Waals surface area contributed by atoms with Gasteiger partial charge in [-0.05, 0) is 74.4 Å². The lowest BCUT2D eigenvalue weighted by Crippen LogP contribution is -2.58. The summed E-state index contributed by atoms with van der Waals surface area (Å²) in [4.78, 5) is 66.0. The highest BCUT2D eigenvalue weighted by Crippen LogP contribution is 2.47. The summed E-state index contributed by atoms with van der Waals surface area (Å²) in [5, 5.41) is 9.26. The fraction of sp³-hybridized carbons (Fsp3) is 0.514. The highest BCUT2D eigenvalue weighted by atomic mass is 79.9. The number of aryl methyl sites for hydroxylation is 1. The number of nitrogens with one attached hydrogen (secondary N) is 3. The minimum Gasteiger partial charge on any atom is -0.471 e. The maximum absolute atomic E-state index is 14.4. The number of fused-ring (bicyclic) bond motifs is 3.